The molecular weight excluding hydrogens is 406 g/mol. The molecule has 1 aromatic heterocycles. The molecule has 0 saturated carbocycles. The van der Waals surface area contributed by atoms with E-state index in [1.165, 1.54) is 10.8 Å². The summed E-state index contributed by atoms with van der Waals surface area (Å²) < 4.78 is 2.20. The Labute approximate surface area is 184 Å². The maximum absolute atomic E-state index is 11.2. The van der Waals surface area contributed by atoms with Crippen LogP contribution in [-0.4, -0.2) is 32.4 Å². The Hall–Kier alpha value is -3.38. The van der Waals surface area contributed by atoms with Gasteiger partial charge in [-0.1, -0.05) is 78.5 Å². The number of nitrogens with zero attached hydrogens (tertiary/aromatic N) is 3. The number of carboxylic acids is 1. The van der Waals surface area contributed by atoms with E-state index in [2.05, 4.69) is 47.9 Å². The Balaban J connectivity index is 1.71. The summed E-state index contributed by atoms with van der Waals surface area (Å²) >= 11 is 1.16. The van der Waals surface area contributed by atoms with Gasteiger partial charge in [0.1, 0.15) is 5.84 Å². The average molecular weight is 428 g/mol. The molecule has 0 amide bonds. The molecule has 154 valence electrons. The van der Waals surface area contributed by atoms with Gasteiger partial charge in [0.25, 0.3) is 0 Å². The fourth-order valence-electron chi connectivity index (χ4n) is 4.22. The minimum absolute atomic E-state index is 0.0757. The van der Waals surface area contributed by atoms with Crippen molar-refractivity contribution < 1.29 is 9.90 Å². The van der Waals surface area contributed by atoms with Crippen LogP contribution in [0.2, 0.25) is 0 Å². The Bertz CT molecular complexity index is 1300. The Morgan fingerprint density at radius 3 is 2.16 bits per heavy atom. The van der Waals surface area contributed by atoms with Crippen molar-refractivity contribution in [2.75, 3.05) is 5.75 Å². The molecule has 1 atom stereocenters. The first-order chi connectivity index (χ1) is 15.0. The predicted octanol–water partition coefficient (Wildman–Crippen LogP) is 5.53. The van der Waals surface area contributed by atoms with E-state index in [1.54, 1.807) is 0 Å². The van der Waals surface area contributed by atoms with Crippen LogP contribution in [0.25, 0.3) is 21.8 Å². The Morgan fingerprint density at radius 1 is 0.968 bits per heavy atom. The molecule has 0 fully saturated rings. The minimum Gasteiger partial charge on any atom is -0.481 e. The molecule has 2 heterocycles. The number of hydrogen-bond acceptors (Lipinski definition) is 4. The van der Waals surface area contributed by atoms with E-state index >= 15 is 0 Å². The maximum atomic E-state index is 11.2. The Kier molecular flexibility index (Phi) is 4.87. The maximum Gasteiger partial charge on any atom is 0.313 e. The van der Waals surface area contributed by atoms with Crippen molar-refractivity contribution in [3.8, 4) is 0 Å². The molecule has 1 aliphatic heterocycles. The standard InChI is InChI=1S/C25H21N3O2S/c1-25(17-9-3-2-4-10-17)15-22(26-24(27-25)31-16-23(29)30)28-20-13-7-5-11-18(20)19-12-6-8-14-21(19)28/h2-14H,15-16H2,1H3,(H,29,30). The van der Waals surface area contributed by atoms with Gasteiger partial charge in [-0.3, -0.25) is 9.36 Å². The number of carboxylic acid groups (broad SMARTS) is 1. The largest absolute Gasteiger partial charge is 0.481 e. The molecule has 31 heavy (non-hydrogen) atoms. The molecule has 0 aliphatic carbocycles. The molecule has 1 aliphatic rings. The molecule has 1 N–H and O–H groups in total. The molecule has 0 saturated heterocycles. The minimum atomic E-state index is -0.881. The fourth-order valence-corrected chi connectivity index (χ4v) is 4.91. The number of para-hydroxylation sites is 2. The van der Waals surface area contributed by atoms with Crippen LogP contribution in [-0.2, 0) is 10.3 Å². The van der Waals surface area contributed by atoms with Crippen LogP contribution >= 0.6 is 11.8 Å². The van der Waals surface area contributed by atoms with E-state index < -0.39 is 11.5 Å². The molecule has 6 heteroatoms. The Morgan fingerprint density at radius 2 is 1.55 bits per heavy atom. The van der Waals surface area contributed by atoms with Crippen LogP contribution in [0.4, 0.5) is 0 Å². The van der Waals surface area contributed by atoms with Gasteiger partial charge in [-0.25, -0.2) is 9.98 Å². The van der Waals surface area contributed by atoms with Crippen LogP contribution < -0.4 is 0 Å². The normalized spacial score (nSPS) is 18.7. The first kappa shape index (κ1) is 19.6. The van der Waals surface area contributed by atoms with Crippen molar-refractivity contribution in [3.05, 3.63) is 84.4 Å². The van der Waals surface area contributed by atoms with Gasteiger partial charge in [0.05, 0.1) is 22.3 Å². The highest BCUT2D eigenvalue weighted by Crippen LogP contribution is 2.37. The van der Waals surface area contributed by atoms with E-state index in [-0.39, 0.29) is 5.75 Å². The zero-order chi connectivity index (χ0) is 21.4. The molecule has 4 aromatic rings. The van der Waals surface area contributed by atoms with Gasteiger partial charge in [0.15, 0.2) is 5.17 Å². The third kappa shape index (κ3) is 3.53. The summed E-state index contributed by atoms with van der Waals surface area (Å²) in [5.41, 5.74) is 2.72. The van der Waals surface area contributed by atoms with Gasteiger partial charge in [0.2, 0.25) is 0 Å². The lowest BCUT2D eigenvalue weighted by atomic mass is 9.88. The average Bonchev–Trinajstić information content (AvgIpc) is 3.13. The van der Waals surface area contributed by atoms with Crippen molar-refractivity contribution in [3.63, 3.8) is 0 Å². The number of carbonyl (C=O) groups is 1. The lowest BCUT2D eigenvalue weighted by molar-refractivity contribution is -0.133. The van der Waals surface area contributed by atoms with Crippen LogP contribution in [0.3, 0.4) is 0 Å². The van der Waals surface area contributed by atoms with E-state index in [0.29, 0.717) is 11.6 Å². The van der Waals surface area contributed by atoms with Crippen LogP contribution in [0.5, 0.6) is 0 Å². The number of amidine groups is 1. The lowest BCUT2D eigenvalue weighted by Gasteiger charge is -2.31. The van der Waals surface area contributed by atoms with Gasteiger partial charge in [-0.05, 0) is 24.6 Å². The number of aliphatic imine (C=N–C) groups is 2. The molecule has 1 unspecified atom stereocenters. The van der Waals surface area contributed by atoms with Gasteiger partial charge in [0, 0.05) is 17.2 Å². The highest BCUT2D eigenvalue weighted by Gasteiger charge is 2.34. The van der Waals surface area contributed by atoms with Crippen molar-refractivity contribution in [1.82, 2.24) is 4.57 Å². The van der Waals surface area contributed by atoms with E-state index in [0.717, 1.165) is 34.2 Å². The van der Waals surface area contributed by atoms with Crippen molar-refractivity contribution in [2.45, 2.75) is 18.9 Å². The topological polar surface area (TPSA) is 67.0 Å². The van der Waals surface area contributed by atoms with Gasteiger partial charge < -0.3 is 5.11 Å². The first-order valence-corrected chi connectivity index (χ1v) is 11.1. The van der Waals surface area contributed by atoms with E-state index in [9.17, 15) is 9.90 Å². The second-order valence-electron chi connectivity index (χ2n) is 7.79. The molecule has 5 rings (SSSR count). The third-order valence-corrected chi connectivity index (χ3v) is 6.46. The number of aromatic nitrogens is 1. The second-order valence-corrected chi connectivity index (χ2v) is 8.73. The summed E-state index contributed by atoms with van der Waals surface area (Å²) in [4.78, 5) is 20.9. The quantitative estimate of drug-likeness (QED) is 0.467. The summed E-state index contributed by atoms with van der Waals surface area (Å²) in [5, 5.41) is 12.0. The van der Waals surface area contributed by atoms with Gasteiger partial charge in [-0.2, -0.15) is 0 Å². The summed E-state index contributed by atoms with van der Waals surface area (Å²) in [6.45, 7) is 2.09. The van der Waals surface area contributed by atoms with Crippen molar-refractivity contribution in [2.24, 2.45) is 9.98 Å². The zero-order valence-electron chi connectivity index (χ0n) is 17.0. The number of fused-ring (bicyclic) bond motifs is 3. The van der Waals surface area contributed by atoms with E-state index in [1.807, 2.05) is 42.5 Å². The molecule has 0 bridgehead atoms. The van der Waals surface area contributed by atoms with Crippen LogP contribution in [0.15, 0.2) is 88.8 Å². The monoisotopic (exact) mass is 427 g/mol. The number of hydrogen-bond donors (Lipinski definition) is 1. The number of rotatable bonds is 3. The molecule has 0 spiro atoms. The van der Waals surface area contributed by atoms with Crippen molar-refractivity contribution in [1.29, 1.82) is 0 Å². The summed E-state index contributed by atoms with van der Waals surface area (Å²) in [7, 11) is 0. The van der Waals surface area contributed by atoms with Crippen LogP contribution in [0.1, 0.15) is 18.9 Å². The van der Waals surface area contributed by atoms with E-state index in [4.69, 9.17) is 9.98 Å². The molecule has 3 aromatic carbocycles. The fraction of sp³-hybridized carbons (Fsp3) is 0.160. The summed E-state index contributed by atoms with van der Waals surface area (Å²) in [6.07, 6.45) is 0.608. The van der Waals surface area contributed by atoms with Crippen molar-refractivity contribution >= 4 is 50.5 Å². The first-order valence-electron chi connectivity index (χ1n) is 10.1. The highest BCUT2D eigenvalue weighted by atomic mass is 32.2. The summed E-state index contributed by atoms with van der Waals surface area (Å²) in [5.74, 6) is -0.0897. The molecule has 0 radical (unpaired) electrons. The third-order valence-electron chi connectivity index (χ3n) is 5.63. The zero-order valence-corrected chi connectivity index (χ0v) is 17.8. The van der Waals surface area contributed by atoms with Crippen LogP contribution in [0, 0.1) is 0 Å². The summed E-state index contributed by atoms with van der Waals surface area (Å²) in [6, 6.07) is 26.8. The number of aliphatic carboxylic acids is 1. The van der Waals surface area contributed by atoms with Gasteiger partial charge >= 0.3 is 5.97 Å². The smallest absolute Gasteiger partial charge is 0.313 e. The number of benzene rings is 3. The molecule has 5 nitrogen and oxygen atoms in total. The molecular formula is C25H21N3O2S. The second kappa shape index (κ2) is 7.71. The predicted molar refractivity (Wildman–Crippen MR) is 128 cm³/mol. The SMILES string of the molecule is CC1(c2ccccc2)CC(n2c3ccccc3c3ccccc32)=NC(SCC(=O)O)=N1. The lowest BCUT2D eigenvalue weighted by Crippen LogP contribution is -2.32. The number of thioether (sulfide) groups is 1. The van der Waals surface area contributed by atoms with Gasteiger partial charge in [-0.15, -0.1) is 0 Å². The highest BCUT2D eigenvalue weighted by molar-refractivity contribution is 8.14.